The van der Waals surface area contributed by atoms with Gasteiger partial charge < -0.3 is 15.0 Å². The lowest BCUT2D eigenvalue weighted by molar-refractivity contribution is -0.136. The molecule has 0 aliphatic carbocycles. The normalized spacial score (nSPS) is 24.5. The van der Waals surface area contributed by atoms with Gasteiger partial charge in [-0.2, -0.15) is 0 Å². The molecule has 2 heterocycles. The number of nitrogens with zero attached hydrogens (tertiary/aromatic N) is 1. The van der Waals surface area contributed by atoms with Gasteiger partial charge in [-0.1, -0.05) is 25.1 Å². The summed E-state index contributed by atoms with van der Waals surface area (Å²) >= 11 is 0. The van der Waals surface area contributed by atoms with Crippen molar-refractivity contribution in [3.63, 3.8) is 0 Å². The number of benzene rings is 1. The molecule has 21 heavy (non-hydrogen) atoms. The Morgan fingerprint density at radius 2 is 2.29 bits per heavy atom. The van der Waals surface area contributed by atoms with Gasteiger partial charge in [0.2, 0.25) is 5.91 Å². The molecular weight excluding hydrogens is 264 g/mol. The van der Waals surface area contributed by atoms with Crippen molar-refractivity contribution in [3.8, 4) is 0 Å². The Bertz CT molecular complexity index is 478. The van der Waals surface area contributed by atoms with Crippen molar-refractivity contribution in [2.45, 2.75) is 44.8 Å². The van der Waals surface area contributed by atoms with E-state index in [0.717, 1.165) is 51.1 Å². The maximum Gasteiger partial charge on any atom is 0.245 e. The number of hydrogen-bond donors (Lipinski definition) is 1. The number of piperidine rings is 1. The van der Waals surface area contributed by atoms with Gasteiger partial charge in [0, 0.05) is 31.8 Å². The molecule has 1 N–H and O–H groups in total. The van der Waals surface area contributed by atoms with E-state index in [1.165, 1.54) is 5.56 Å². The third kappa shape index (κ3) is 3.21. The number of para-hydroxylation sites is 1. The Balaban J connectivity index is 1.58. The zero-order chi connectivity index (χ0) is 14.7. The van der Waals surface area contributed by atoms with Crippen LogP contribution in [0.2, 0.25) is 0 Å². The standard InChI is InChI=1S/C17H24N2O2/c1-2-10-21-14-7-5-9-19(12-14)17(20)16-11-13-6-3-4-8-15(13)18-16/h3-4,6,8,14,16,18H,2,5,7,9-12H2,1H3/t14?,16-/m0/s1. The zero-order valence-electron chi connectivity index (χ0n) is 12.7. The van der Waals surface area contributed by atoms with Crippen LogP contribution in [0.1, 0.15) is 31.7 Å². The summed E-state index contributed by atoms with van der Waals surface area (Å²) in [6.07, 6.45) is 4.16. The molecule has 0 bridgehead atoms. The number of carbonyl (C=O) groups is 1. The third-order valence-corrected chi connectivity index (χ3v) is 4.32. The first kappa shape index (κ1) is 14.4. The fraction of sp³-hybridized carbons (Fsp3) is 0.588. The van der Waals surface area contributed by atoms with Crippen LogP contribution in [0.5, 0.6) is 0 Å². The molecule has 1 unspecified atom stereocenters. The fourth-order valence-corrected chi connectivity index (χ4v) is 3.23. The molecular formula is C17H24N2O2. The smallest absolute Gasteiger partial charge is 0.245 e. The summed E-state index contributed by atoms with van der Waals surface area (Å²) in [5.41, 5.74) is 2.35. The number of ether oxygens (including phenoxy) is 1. The number of rotatable bonds is 4. The van der Waals surface area contributed by atoms with Crippen LogP contribution in [0.25, 0.3) is 0 Å². The van der Waals surface area contributed by atoms with Crippen LogP contribution >= 0.6 is 0 Å². The number of anilines is 1. The molecule has 0 saturated carbocycles. The lowest BCUT2D eigenvalue weighted by Gasteiger charge is -2.34. The van der Waals surface area contributed by atoms with Crippen LogP contribution in [0.4, 0.5) is 5.69 Å². The van der Waals surface area contributed by atoms with E-state index < -0.39 is 0 Å². The minimum Gasteiger partial charge on any atom is -0.376 e. The summed E-state index contributed by atoms with van der Waals surface area (Å²) in [4.78, 5) is 14.7. The van der Waals surface area contributed by atoms with Crippen molar-refractivity contribution in [3.05, 3.63) is 29.8 Å². The molecule has 0 spiro atoms. The molecule has 0 aromatic heterocycles. The highest BCUT2D eigenvalue weighted by molar-refractivity contribution is 5.87. The van der Waals surface area contributed by atoms with Gasteiger partial charge in [0.25, 0.3) is 0 Å². The third-order valence-electron chi connectivity index (χ3n) is 4.32. The van der Waals surface area contributed by atoms with E-state index >= 15 is 0 Å². The van der Waals surface area contributed by atoms with Crippen LogP contribution in [0, 0.1) is 0 Å². The second-order valence-electron chi connectivity index (χ2n) is 5.98. The molecule has 1 saturated heterocycles. The monoisotopic (exact) mass is 288 g/mol. The second kappa shape index (κ2) is 6.48. The van der Waals surface area contributed by atoms with E-state index in [-0.39, 0.29) is 18.1 Å². The van der Waals surface area contributed by atoms with Gasteiger partial charge in [-0.3, -0.25) is 4.79 Å². The number of hydrogen-bond acceptors (Lipinski definition) is 3. The fourth-order valence-electron chi connectivity index (χ4n) is 3.23. The first-order valence-corrected chi connectivity index (χ1v) is 8.02. The predicted octanol–water partition coefficient (Wildman–Crippen LogP) is 2.44. The number of carbonyl (C=O) groups excluding carboxylic acids is 1. The molecule has 2 aliphatic heterocycles. The molecule has 2 aliphatic rings. The van der Waals surface area contributed by atoms with Gasteiger partial charge in [-0.15, -0.1) is 0 Å². The second-order valence-corrected chi connectivity index (χ2v) is 5.98. The van der Waals surface area contributed by atoms with Crippen LogP contribution in [0.3, 0.4) is 0 Å². The van der Waals surface area contributed by atoms with Crippen LogP contribution < -0.4 is 5.32 Å². The molecule has 0 radical (unpaired) electrons. The number of likely N-dealkylation sites (tertiary alicyclic amines) is 1. The number of amides is 1. The summed E-state index contributed by atoms with van der Waals surface area (Å²) in [6, 6.07) is 8.08. The highest BCUT2D eigenvalue weighted by Gasteiger charge is 2.32. The Morgan fingerprint density at radius 1 is 1.43 bits per heavy atom. The van der Waals surface area contributed by atoms with Crippen LogP contribution in [0.15, 0.2) is 24.3 Å². The summed E-state index contributed by atoms with van der Waals surface area (Å²) in [5, 5.41) is 3.36. The van der Waals surface area contributed by atoms with Gasteiger partial charge in [0.15, 0.2) is 0 Å². The van der Waals surface area contributed by atoms with Crippen LogP contribution in [-0.4, -0.2) is 42.6 Å². The molecule has 114 valence electrons. The lowest BCUT2D eigenvalue weighted by Crippen LogP contribution is -2.48. The molecule has 1 aromatic rings. The summed E-state index contributed by atoms with van der Waals surface area (Å²) < 4.78 is 5.82. The Hall–Kier alpha value is -1.55. The van der Waals surface area contributed by atoms with Crippen LogP contribution in [-0.2, 0) is 16.0 Å². The summed E-state index contributed by atoms with van der Waals surface area (Å²) in [6.45, 7) is 4.51. The quantitative estimate of drug-likeness (QED) is 0.925. The van der Waals surface area contributed by atoms with Crippen molar-refractivity contribution < 1.29 is 9.53 Å². The molecule has 2 atom stereocenters. The van der Waals surface area contributed by atoms with E-state index in [2.05, 4.69) is 18.3 Å². The minimum absolute atomic E-state index is 0.104. The lowest BCUT2D eigenvalue weighted by atomic mass is 10.1. The average molecular weight is 288 g/mol. The Labute approximate surface area is 126 Å². The zero-order valence-corrected chi connectivity index (χ0v) is 12.7. The highest BCUT2D eigenvalue weighted by atomic mass is 16.5. The maximum atomic E-state index is 12.7. The SMILES string of the molecule is CCCOC1CCCN(C(=O)[C@@H]2Cc3ccccc3N2)C1. The van der Waals surface area contributed by atoms with Crippen molar-refractivity contribution in [1.29, 1.82) is 0 Å². The molecule has 1 aromatic carbocycles. The van der Waals surface area contributed by atoms with E-state index in [4.69, 9.17) is 4.74 Å². The summed E-state index contributed by atoms with van der Waals surface area (Å²) in [7, 11) is 0. The molecule has 3 rings (SSSR count). The van der Waals surface area contributed by atoms with Crippen molar-refractivity contribution >= 4 is 11.6 Å². The summed E-state index contributed by atoms with van der Waals surface area (Å²) in [5.74, 6) is 0.219. The molecule has 1 fully saturated rings. The Kier molecular flexibility index (Phi) is 4.44. The van der Waals surface area contributed by atoms with E-state index in [1.807, 2.05) is 23.1 Å². The van der Waals surface area contributed by atoms with E-state index in [1.54, 1.807) is 0 Å². The average Bonchev–Trinajstić information content (AvgIpc) is 2.96. The Morgan fingerprint density at radius 3 is 3.10 bits per heavy atom. The molecule has 4 heteroatoms. The van der Waals surface area contributed by atoms with E-state index in [0.29, 0.717) is 0 Å². The van der Waals surface area contributed by atoms with Crippen molar-refractivity contribution in [2.24, 2.45) is 0 Å². The first-order valence-electron chi connectivity index (χ1n) is 8.02. The van der Waals surface area contributed by atoms with Gasteiger partial charge in [0.05, 0.1) is 6.10 Å². The van der Waals surface area contributed by atoms with Gasteiger partial charge in [0.1, 0.15) is 6.04 Å². The van der Waals surface area contributed by atoms with E-state index in [9.17, 15) is 4.79 Å². The van der Waals surface area contributed by atoms with Gasteiger partial charge in [-0.25, -0.2) is 0 Å². The topological polar surface area (TPSA) is 41.6 Å². The largest absolute Gasteiger partial charge is 0.376 e. The van der Waals surface area contributed by atoms with Crippen molar-refractivity contribution in [1.82, 2.24) is 4.90 Å². The number of nitrogens with one attached hydrogen (secondary N) is 1. The predicted molar refractivity (Wildman–Crippen MR) is 83.4 cm³/mol. The molecule has 1 amide bonds. The first-order chi connectivity index (χ1) is 10.3. The molecule has 4 nitrogen and oxygen atoms in total. The van der Waals surface area contributed by atoms with Gasteiger partial charge >= 0.3 is 0 Å². The van der Waals surface area contributed by atoms with Crippen molar-refractivity contribution in [2.75, 3.05) is 25.0 Å². The number of fused-ring (bicyclic) bond motifs is 1. The van der Waals surface area contributed by atoms with Gasteiger partial charge in [-0.05, 0) is 30.9 Å². The maximum absolute atomic E-state index is 12.7. The highest BCUT2D eigenvalue weighted by Crippen LogP contribution is 2.27. The minimum atomic E-state index is -0.104.